The summed E-state index contributed by atoms with van der Waals surface area (Å²) in [6, 6.07) is 0. The van der Waals surface area contributed by atoms with Gasteiger partial charge in [-0.2, -0.15) is 0 Å². The number of likely N-dealkylation sites (N-methyl/N-ethyl adjacent to an activating group) is 1. The highest BCUT2D eigenvalue weighted by molar-refractivity contribution is 5.85. The van der Waals surface area contributed by atoms with Crippen molar-refractivity contribution in [3.63, 3.8) is 0 Å². The van der Waals surface area contributed by atoms with Crippen LogP contribution in [0.2, 0.25) is 0 Å². The summed E-state index contributed by atoms with van der Waals surface area (Å²) in [5.41, 5.74) is 0. The summed E-state index contributed by atoms with van der Waals surface area (Å²) in [4.78, 5) is 1.43. The number of halogens is 1. The van der Waals surface area contributed by atoms with Crippen LogP contribution in [0.5, 0.6) is 0 Å². The smallest absolute Gasteiger partial charge is 0.0955 e. The van der Waals surface area contributed by atoms with Crippen LogP contribution in [-0.4, -0.2) is 20.1 Å². The van der Waals surface area contributed by atoms with Crippen LogP contribution in [0.15, 0.2) is 25.3 Å². The van der Waals surface area contributed by atoms with Crippen molar-refractivity contribution in [2.24, 2.45) is 0 Å². The van der Waals surface area contributed by atoms with Crippen molar-refractivity contribution in [1.82, 2.24) is 0 Å². The van der Waals surface area contributed by atoms with Crippen LogP contribution in [0.25, 0.3) is 0 Å². The first-order valence-corrected chi connectivity index (χ1v) is 2.84. The zero-order valence-electron chi connectivity index (χ0n) is 5.89. The van der Waals surface area contributed by atoms with Crippen molar-refractivity contribution < 1.29 is 4.90 Å². The molecule has 0 unspecified atom stereocenters. The van der Waals surface area contributed by atoms with Crippen molar-refractivity contribution in [3.8, 4) is 0 Å². The van der Waals surface area contributed by atoms with E-state index in [0.717, 1.165) is 13.1 Å². The Bertz CT molecular complexity index is 71.0. The van der Waals surface area contributed by atoms with Crippen LogP contribution >= 0.6 is 12.4 Å². The minimum atomic E-state index is 0. The van der Waals surface area contributed by atoms with Gasteiger partial charge in [-0.05, 0) is 12.2 Å². The van der Waals surface area contributed by atoms with Crippen molar-refractivity contribution in [1.29, 1.82) is 0 Å². The Hall–Kier alpha value is -0.270. The largest absolute Gasteiger partial charge is 0.331 e. The molecular formula is C7H15ClN+. The van der Waals surface area contributed by atoms with Gasteiger partial charge in [0.2, 0.25) is 0 Å². The Morgan fingerprint density at radius 2 is 1.56 bits per heavy atom. The van der Waals surface area contributed by atoms with Gasteiger partial charge in [-0.25, -0.2) is 0 Å². The van der Waals surface area contributed by atoms with Crippen molar-refractivity contribution in [2.45, 2.75) is 0 Å². The van der Waals surface area contributed by atoms with Crippen molar-refractivity contribution in [2.75, 3.05) is 20.1 Å². The highest BCUT2D eigenvalue weighted by Crippen LogP contribution is 1.51. The number of quaternary nitrogens is 1. The lowest BCUT2D eigenvalue weighted by molar-refractivity contribution is -0.866. The third-order valence-electron chi connectivity index (χ3n) is 0.986. The summed E-state index contributed by atoms with van der Waals surface area (Å²) in [5, 5.41) is 0. The highest BCUT2D eigenvalue weighted by atomic mass is 35.5. The molecule has 0 atom stereocenters. The molecule has 0 saturated heterocycles. The molecule has 0 aromatic heterocycles. The molecule has 0 aromatic rings. The van der Waals surface area contributed by atoms with Gasteiger partial charge in [0.15, 0.2) is 0 Å². The molecule has 0 amide bonds. The van der Waals surface area contributed by atoms with Crippen molar-refractivity contribution >= 4 is 12.4 Å². The number of rotatable bonds is 4. The van der Waals surface area contributed by atoms with E-state index < -0.39 is 0 Å². The predicted molar refractivity (Wildman–Crippen MR) is 44.3 cm³/mol. The first-order chi connectivity index (χ1) is 3.81. The molecule has 0 aliphatic carbocycles. The highest BCUT2D eigenvalue weighted by Gasteiger charge is 1.89. The van der Waals surface area contributed by atoms with Gasteiger partial charge in [0.25, 0.3) is 0 Å². The molecule has 2 heteroatoms. The average molecular weight is 149 g/mol. The fraction of sp³-hybridized carbons (Fsp3) is 0.429. The summed E-state index contributed by atoms with van der Waals surface area (Å²) in [6.45, 7) is 9.30. The molecule has 0 aliphatic heterocycles. The summed E-state index contributed by atoms with van der Waals surface area (Å²) in [7, 11) is 2.11. The van der Waals surface area contributed by atoms with Gasteiger partial charge in [0, 0.05) is 0 Å². The molecule has 1 nitrogen and oxygen atoms in total. The maximum absolute atomic E-state index is 3.63. The molecule has 0 aliphatic rings. The lowest BCUT2D eigenvalue weighted by atomic mass is 10.5. The van der Waals surface area contributed by atoms with E-state index in [1.54, 1.807) is 0 Å². The Labute approximate surface area is 63.5 Å². The van der Waals surface area contributed by atoms with Crippen LogP contribution in [0.4, 0.5) is 0 Å². The molecule has 1 N–H and O–H groups in total. The molecule has 0 heterocycles. The molecule has 0 fully saturated rings. The summed E-state index contributed by atoms with van der Waals surface area (Å²) >= 11 is 0. The summed E-state index contributed by atoms with van der Waals surface area (Å²) < 4.78 is 0. The summed E-state index contributed by atoms with van der Waals surface area (Å²) in [5.74, 6) is 0. The first-order valence-electron chi connectivity index (χ1n) is 2.84. The van der Waals surface area contributed by atoms with Crippen LogP contribution in [-0.2, 0) is 0 Å². The molecule has 0 radical (unpaired) electrons. The molecule has 54 valence electrons. The molecule has 0 rings (SSSR count). The molecular weight excluding hydrogens is 134 g/mol. The fourth-order valence-corrected chi connectivity index (χ4v) is 0.576. The second-order valence-corrected chi connectivity index (χ2v) is 1.94. The summed E-state index contributed by atoms with van der Waals surface area (Å²) in [6.07, 6.45) is 3.83. The maximum atomic E-state index is 3.63. The minimum Gasteiger partial charge on any atom is -0.331 e. The Balaban J connectivity index is 0. The van der Waals surface area contributed by atoms with E-state index in [-0.39, 0.29) is 12.4 Å². The first kappa shape index (κ1) is 11.5. The third-order valence-corrected chi connectivity index (χ3v) is 0.986. The SMILES string of the molecule is C=CC[NH+](C)CC=C.Cl. The normalized spacial score (nSPS) is 8.22. The van der Waals surface area contributed by atoms with E-state index in [1.165, 1.54) is 4.90 Å². The van der Waals surface area contributed by atoms with Gasteiger partial charge >= 0.3 is 0 Å². The lowest BCUT2D eigenvalue weighted by Crippen LogP contribution is -3.08. The van der Waals surface area contributed by atoms with Gasteiger partial charge in [-0.1, -0.05) is 13.2 Å². The quantitative estimate of drug-likeness (QED) is 0.547. The maximum Gasteiger partial charge on any atom is 0.0955 e. The average Bonchev–Trinajstić information content (AvgIpc) is 1.68. The fourth-order valence-electron chi connectivity index (χ4n) is 0.576. The van der Waals surface area contributed by atoms with Crippen LogP contribution < -0.4 is 4.90 Å². The topological polar surface area (TPSA) is 4.44 Å². The van der Waals surface area contributed by atoms with E-state index in [4.69, 9.17) is 0 Å². The van der Waals surface area contributed by atoms with Gasteiger partial charge in [0.1, 0.15) is 0 Å². The zero-order valence-corrected chi connectivity index (χ0v) is 6.71. The zero-order chi connectivity index (χ0) is 6.41. The van der Waals surface area contributed by atoms with Gasteiger partial charge in [-0.3, -0.25) is 0 Å². The lowest BCUT2D eigenvalue weighted by Gasteiger charge is -2.06. The number of hydrogen-bond donors (Lipinski definition) is 1. The number of nitrogens with one attached hydrogen (secondary N) is 1. The van der Waals surface area contributed by atoms with E-state index in [9.17, 15) is 0 Å². The standard InChI is InChI=1S/C7H13N.ClH/c1-4-6-8(3)7-5-2;/h4-5H,1-2,6-7H2,3H3;1H/p+1. The van der Waals surface area contributed by atoms with Gasteiger partial charge in [-0.15, -0.1) is 12.4 Å². The Morgan fingerprint density at radius 1 is 1.22 bits per heavy atom. The van der Waals surface area contributed by atoms with E-state index in [1.807, 2.05) is 12.2 Å². The second-order valence-electron chi connectivity index (χ2n) is 1.94. The van der Waals surface area contributed by atoms with Crippen LogP contribution in [0.1, 0.15) is 0 Å². The van der Waals surface area contributed by atoms with E-state index in [2.05, 4.69) is 20.2 Å². The van der Waals surface area contributed by atoms with E-state index in [0.29, 0.717) is 0 Å². The molecule has 0 aromatic carbocycles. The molecule has 9 heavy (non-hydrogen) atoms. The minimum absolute atomic E-state index is 0. The van der Waals surface area contributed by atoms with Crippen molar-refractivity contribution in [3.05, 3.63) is 25.3 Å². The van der Waals surface area contributed by atoms with Gasteiger partial charge < -0.3 is 4.90 Å². The third kappa shape index (κ3) is 7.73. The molecule has 0 saturated carbocycles. The Morgan fingerprint density at radius 3 is 1.78 bits per heavy atom. The second kappa shape index (κ2) is 7.73. The molecule has 0 bridgehead atoms. The number of hydrogen-bond acceptors (Lipinski definition) is 0. The van der Waals surface area contributed by atoms with E-state index >= 15 is 0 Å². The predicted octanol–water partition coefficient (Wildman–Crippen LogP) is 0.295. The van der Waals surface area contributed by atoms with Gasteiger partial charge in [0.05, 0.1) is 20.1 Å². The molecule has 0 spiro atoms. The van der Waals surface area contributed by atoms with Crippen LogP contribution in [0, 0.1) is 0 Å². The van der Waals surface area contributed by atoms with Crippen LogP contribution in [0.3, 0.4) is 0 Å². The monoisotopic (exact) mass is 148 g/mol. The Kier molecular flexibility index (Phi) is 9.89.